The number of rotatable bonds is 4. The Morgan fingerprint density at radius 1 is 1.39 bits per heavy atom. The van der Waals surface area contributed by atoms with Crippen LogP contribution in [0.2, 0.25) is 0 Å². The molecule has 1 aromatic carbocycles. The molecule has 0 aliphatic heterocycles. The summed E-state index contributed by atoms with van der Waals surface area (Å²) in [5.41, 5.74) is 0.596. The quantitative estimate of drug-likeness (QED) is 0.411. The number of nitro benzene ring substituents is 1. The predicted molar refractivity (Wildman–Crippen MR) is 108 cm³/mol. The van der Waals surface area contributed by atoms with E-state index in [9.17, 15) is 20.0 Å². The molecule has 0 fully saturated rings. The van der Waals surface area contributed by atoms with E-state index in [1.807, 2.05) is 6.92 Å². The monoisotopic (exact) mass is 398 g/mol. The van der Waals surface area contributed by atoms with Crippen LogP contribution in [0.1, 0.15) is 41.6 Å². The van der Waals surface area contributed by atoms with Crippen molar-refractivity contribution in [2.24, 2.45) is 5.10 Å². The lowest BCUT2D eigenvalue weighted by molar-refractivity contribution is -0.385. The van der Waals surface area contributed by atoms with E-state index < -0.39 is 16.4 Å². The fourth-order valence-corrected chi connectivity index (χ4v) is 4.78. The van der Waals surface area contributed by atoms with Crippen LogP contribution in [-0.4, -0.2) is 25.9 Å². The second-order valence-corrected chi connectivity index (χ2v) is 7.69. The molecule has 0 saturated carbocycles. The lowest BCUT2D eigenvalue weighted by atomic mass is 9.97. The molecule has 0 radical (unpaired) electrons. The number of fused-ring (bicyclic) bond motifs is 3. The third-order valence-corrected chi connectivity index (χ3v) is 6.09. The minimum Gasteiger partial charge on any atom is -0.502 e. The van der Waals surface area contributed by atoms with E-state index in [1.54, 1.807) is 11.3 Å². The number of hydrogen-bond acceptors (Lipinski definition) is 7. The maximum atomic E-state index is 13.2. The van der Waals surface area contributed by atoms with Crippen LogP contribution in [0.25, 0.3) is 10.2 Å². The number of hydrogen-bond donors (Lipinski definition) is 1. The fourth-order valence-electron chi connectivity index (χ4n) is 3.51. The summed E-state index contributed by atoms with van der Waals surface area (Å²) in [6.07, 6.45) is 5.79. The van der Waals surface area contributed by atoms with Crippen molar-refractivity contribution in [3.05, 3.63) is 60.5 Å². The first-order valence-corrected chi connectivity index (χ1v) is 9.89. The van der Waals surface area contributed by atoms with E-state index >= 15 is 0 Å². The molecule has 2 heterocycles. The van der Waals surface area contributed by atoms with Gasteiger partial charge in [-0.05, 0) is 37.3 Å². The Morgan fingerprint density at radius 2 is 2.18 bits per heavy atom. The third-order valence-electron chi connectivity index (χ3n) is 4.91. The highest BCUT2D eigenvalue weighted by Gasteiger charge is 2.22. The van der Waals surface area contributed by atoms with Gasteiger partial charge in [0.05, 0.1) is 16.5 Å². The van der Waals surface area contributed by atoms with Gasteiger partial charge in [0.1, 0.15) is 10.7 Å². The summed E-state index contributed by atoms with van der Waals surface area (Å²) in [6.45, 7) is 1.89. The maximum absolute atomic E-state index is 13.2. The first kappa shape index (κ1) is 18.3. The Balaban J connectivity index is 1.86. The zero-order chi connectivity index (χ0) is 19.8. The molecule has 0 spiro atoms. The molecule has 2 aromatic heterocycles. The zero-order valence-corrected chi connectivity index (χ0v) is 16.0. The number of benzene rings is 1. The van der Waals surface area contributed by atoms with Gasteiger partial charge in [-0.1, -0.05) is 13.0 Å². The third kappa shape index (κ3) is 2.97. The van der Waals surface area contributed by atoms with Gasteiger partial charge in [-0.3, -0.25) is 14.9 Å². The van der Waals surface area contributed by atoms with Crippen LogP contribution < -0.4 is 5.56 Å². The van der Waals surface area contributed by atoms with Crippen LogP contribution in [-0.2, 0) is 19.3 Å². The standard InChI is InChI=1S/C19H18N4O4S/c1-2-15-21-18-16(12-7-3-4-9-14(12)28-18)19(25)22(15)20-10-11-6-5-8-13(17(11)24)23(26)27/h5-6,8,10,24H,2-4,7,9H2,1H3. The minimum absolute atomic E-state index is 0.163. The summed E-state index contributed by atoms with van der Waals surface area (Å²) >= 11 is 1.58. The van der Waals surface area contributed by atoms with Crippen molar-refractivity contribution < 1.29 is 10.0 Å². The van der Waals surface area contributed by atoms with E-state index in [1.165, 1.54) is 34.0 Å². The van der Waals surface area contributed by atoms with Crippen molar-refractivity contribution in [3.63, 3.8) is 0 Å². The molecule has 9 heteroatoms. The Hall–Kier alpha value is -3.07. The summed E-state index contributed by atoms with van der Waals surface area (Å²) in [5.74, 6) is 0.0292. The van der Waals surface area contributed by atoms with Gasteiger partial charge in [-0.25, -0.2) is 4.98 Å². The Morgan fingerprint density at radius 3 is 2.93 bits per heavy atom. The molecule has 1 aliphatic rings. The second-order valence-electron chi connectivity index (χ2n) is 6.61. The minimum atomic E-state index is -0.665. The number of aromatic nitrogens is 2. The summed E-state index contributed by atoms with van der Waals surface area (Å²) in [4.78, 5) is 30.1. The molecule has 0 saturated heterocycles. The Kier molecular flexibility index (Phi) is 4.68. The van der Waals surface area contributed by atoms with Gasteiger partial charge in [-0.2, -0.15) is 9.78 Å². The highest BCUT2D eigenvalue weighted by molar-refractivity contribution is 7.18. The van der Waals surface area contributed by atoms with Crippen LogP contribution in [0.5, 0.6) is 5.75 Å². The summed E-state index contributed by atoms with van der Waals surface area (Å²) in [7, 11) is 0. The highest BCUT2D eigenvalue weighted by atomic mass is 32.1. The van der Waals surface area contributed by atoms with Gasteiger partial charge in [0.15, 0.2) is 0 Å². The number of para-hydroxylation sites is 1. The van der Waals surface area contributed by atoms with Crippen molar-refractivity contribution in [1.82, 2.24) is 9.66 Å². The first-order chi connectivity index (χ1) is 13.5. The number of phenols is 1. The van der Waals surface area contributed by atoms with Gasteiger partial charge in [-0.15, -0.1) is 11.3 Å². The van der Waals surface area contributed by atoms with E-state index in [0.717, 1.165) is 36.1 Å². The number of aryl methyl sites for hydroxylation is 3. The molecule has 0 atom stereocenters. The van der Waals surface area contributed by atoms with Gasteiger partial charge in [0, 0.05) is 22.9 Å². The molecule has 1 aliphatic carbocycles. The van der Waals surface area contributed by atoms with Crippen LogP contribution >= 0.6 is 11.3 Å². The first-order valence-electron chi connectivity index (χ1n) is 9.08. The summed E-state index contributed by atoms with van der Waals surface area (Å²) < 4.78 is 1.24. The van der Waals surface area contributed by atoms with Gasteiger partial charge in [0.2, 0.25) is 5.75 Å². The van der Waals surface area contributed by atoms with Gasteiger partial charge >= 0.3 is 5.69 Å². The number of thiophene rings is 1. The summed E-state index contributed by atoms with van der Waals surface area (Å²) in [5, 5.41) is 25.9. The van der Waals surface area contributed by atoms with E-state index in [0.29, 0.717) is 17.6 Å². The molecular weight excluding hydrogens is 380 g/mol. The molecule has 1 N–H and O–H groups in total. The van der Waals surface area contributed by atoms with Crippen molar-refractivity contribution in [2.75, 3.05) is 0 Å². The van der Waals surface area contributed by atoms with Gasteiger partial charge < -0.3 is 5.11 Å². The molecule has 28 heavy (non-hydrogen) atoms. The lowest BCUT2D eigenvalue weighted by Crippen LogP contribution is -2.22. The normalized spacial score (nSPS) is 13.9. The topological polar surface area (TPSA) is 111 Å². The largest absolute Gasteiger partial charge is 0.502 e. The second kappa shape index (κ2) is 7.16. The van der Waals surface area contributed by atoms with Crippen LogP contribution in [0.4, 0.5) is 5.69 Å². The highest BCUT2D eigenvalue weighted by Crippen LogP contribution is 2.34. The van der Waals surface area contributed by atoms with E-state index in [-0.39, 0.29) is 11.1 Å². The molecule has 8 nitrogen and oxygen atoms in total. The molecule has 0 bridgehead atoms. The van der Waals surface area contributed by atoms with Crippen LogP contribution in [0.3, 0.4) is 0 Å². The molecule has 0 unspecified atom stereocenters. The number of nitrogens with zero attached hydrogens (tertiary/aromatic N) is 4. The Labute approximate surface area is 163 Å². The van der Waals surface area contributed by atoms with Gasteiger partial charge in [0.25, 0.3) is 5.56 Å². The van der Waals surface area contributed by atoms with Crippen molar-refractivity contribution in [1.29, 1.82) is 0 Å². The SMILES string of the molecule is CCc1nc2sc3c(c2c(=O)n1N=Cc1cccc([N+](=O)[O-])c1O)CCCC3. The Bertz CT molecular complexity index is 1180. The predicted octanol–water partition coefficient (Wildman–Crippen LogP) is 3.40. The zero-order valence-electron chi connectivity index (χ0n) is 15.2. The maximum Gasteiger partial charge on any atom is 0.311 e. The molecule has 0 amide bonds. The molecule has 3 aromatic rings. The average molecular weight is 398 g/mol. The smallest absolute Gasteiger partial charge is 0.311 e. The number of nitro groups is 1. The van der Waals surface area contributed by atoms with Crippen LogP contribution in [0, 0.1) is 10.1 Å². The number of phenolic OH excluding ortho intramolecular Hbond substituents is 1. The van der Waals surface area contributed by atoms with Crippen LogP contribution in [0.15, 0.2) is 28.1 Å². The average Bonchev–Trinajstić information content (AvgIpc) is 3.06. The van der Waals surface area contributed by atoms with E-state index in [2.05, 4.69) is 10.1 Å². The van der Waals surface area contributed by atoms with Crippen molar-refractivity contribution >= 4 is 33.5 Å². The summed E-state index contributed by atoms with van der Waals surface area (Å²) in [6, 6.07) is 4.17. The van der Waals surface area contributed by atoms with Crippen molar-refractivity contribution in [3.8, 4) is 5.75 Å². The molecule has 144 valence electrons. The molecule has 4 rings (SSSR count). The number of aromatic hydroxyl groups is 1. The van der Waals surface area contributed by atoms with Crippen molar-refractivity contribution in [2.45, 2.75) is 39.0 Å². The fraction of sp³-hybridized carbons (Fsp3) is 0.316. The molecular formula is C19H18N4O4S. The lowest BCUT2D eigenvalue weighted by Gasteiger charge is -2.10. The van der Waals surface area contributed by atoms with E-state index in [4.69, 9.17) is 0 Å².